The number of thiocarbonyl (C=S) groups is 1. The molecule has 0 bridgehead atoms. The maximum Gasteiger partial charge on any atom is 0.174 e. The number of ether oxygens (including phenoxy) is 2. The molecule has 4 aromatic rings. The average molecular weight is 539 g/mol. The first-order valence-electron chi connectivity index (χ1n) is 13.6. The molecule has 1 aliphatic heterocycles. The van der Waals surface area contributed by atoms with Gasteiger partial charge in [-0.25, -0.2) is 0 Å². The molecule has 2 unspecified atom stereocenters. The lowest BCUT2D eigenvalue weighted by molar-refractivity contribution is 0.210. The first-order chi connectivity index (χ1) is 19.0. The Bertz CT molecular complexity index is 1440. The topological polar surface area (TPSA) is 51.5 Å². The summed E-state index contributed by atoms with van der Waals surface area (Å²) in [5, 5.41) is 4.28. The van der Waals surface area contributed by atoms with E-state index in [1.54, 1.807) is 7.11 Å². The van der Waals surface area contributed by atoms with Crippen LogP contribution in [0.3, 0.4) is 0 Å². The second kappa shape index (κ2) is 10.7. The lowest BCUT2D eigenvalue weighted by atomic mass is 9.96. The molecule has 3 heterocycles. The van der Waals surface area contributed by atoms with Gasteiger partial charge in [-0.3, -0.25) is 4.98 Å². The number of hydrogen-bond acceptors (Lipinski definition) is 4. The van der Waals surface area contributed by atoms with Crippen LogP contribution in [0.4, 0.5) is 5.69 Å². The van der Waals surface area contributed by atoms with Gasteiger partial charge in [-0.15, -0.1) is 0 Å². The average Bonchev–Trinajstić information content (AvgIpc) is 3.67. The Labute approximate surface area is 235 Å². The Morgan fingerprint density at radius 1 is 0.897 bits per heavy atom. The molecule has 2 aliphatic rings. The minimum absolute atomic E-state index is 0.0767. The highest BCUT2D eigenvalue weighted by molar-refractivity contribution is 7.80. The van der Waals surface area contributed by atoms with E-state index < -0.39 is 0 Å². The van der Waals surface area contributed by atoms with Gasteiger partial charge in [0, 0.05) is 29.0 Å². The fourth-order valence-corrected chi connectivity index (χ4v) is 6.39. The van der Waals surface area contributed by atoms with E-state index in [4.69, 9.17) is 26.7 Å². The van der Waals surface area contributed by atoms with Crippen molar-refractivity contribution in [1.29, 1.82) is 0 Å². The van der Waals surface area contributed by atoms with E-state index in [9.17, 15) is 0 Å². The van der Waals surface area contributed by atoms with Gasteiger partial charge in [0.2, 0.25) is 0 Å². The number of benzene rings is 2. The number of aromatic nitrogens is 2. The molecule has 1 aliphatic carbocycles. The predicted molar refractivity (Wildman–Crippen MR) is 159 cm³/mol. The number of hydrogen-bond donors (Lipinski definition) is 1. The Morgan fingerprint density at radius 2 is 1.59 bits per heavy atom. The smallest absolute Gasteiger partial charge is 0.174 e. The van der Waals surface area contributed by atoms with E-state index in [0.29, 0.717) is 11.2 Å². The minimum Gasteiger partial charge on any atom is -0.497 e. The Morgan fingerprint density at radius 3 is 2.26 bits per heavy atom. The summed E-state index contributed by atoms with van der Waals surface area (Å²) in [7, 11) is 1.69. The summed E-state index contributed by atoms with van der Waals surface area (Å²) in [5.74, 6) is 1.76. The Hall–Kier alpha value is -3.84. The van der Waals surface area contributed by atoms with Gasteiger partial charge < -0.3 is 24.3 Å². The van der Waals surface area contributed by atoms with Crippen LogP contribution in [0.1, 0.15) is 60.4 Å². The second-order valence-corrected chi connectivity index (χ2v) is 10.8. The number of rotatable bonds is 7. The second-order valence-electron chi connectivity index (χ2n) is 10.4. The molecule has 39 heavy (non-hydrogen) atoms. The summed E-state index contributed by atoms with van der Waals surface area (Å²) in [6.45, 7) is 4.33. The van der Waals surface area contributed by atoms with Crippen molar-refractivity contribution in [3.63, 3.8) is 0 Å². The summed E-state index contributed by atoms with van der Waals surface area (Å²) in [6, 6.07) is 24.7. The van der Waals surface area contributed by atoms with Gasteiger partial charge in [0.05, 0.1) is 31.0 Å². The van der Waals surface area contributed by atoms with E-state index >= 15 is 0 Å². The van der Waals surface area contributed by atoms with Crippen LogP contribution in [0.5, 0.6) is 11.5 Å². The number of nitrogens with one attached hydrogen (secondary N) is 1. The molecule has 1 saturated carbocycles. The van der Waals surface area contributed by atoms with Crippen LogP contribution in [0.2, 0.25) is 0 Å². The summed E-state index contributed by atoms with van der Waals surface area (Å²) < 4.78 is 13.9. The highest BCUT2D eigenvalue weighted by atomic mass is 32.1. The molecule has 0 spiro atoms. The Kier molecular flexibility index (Phi) is 7.00. The highest BCUT2D eigenvalue weighted by Crippen LogP contribution is 2.44. The zero-order valence-electron chi connectivity index (χ0n) is 22.6. The predicted octanol–water partition coefficient (Wildman–Crippen LogP) is 7.00. The number of pyridine rings is 1. The SMILES string of the molecule is COc1ccc(-n2c(C)cc(C3C(c4ccccn4)NC(=S)N3c3ccc(OC4CCCC4)cc3)c2C)cc1. The first-order valence-corrected chi connectivity index (χ1v) is 14.0. The van der Waals surface area contributed by atoms with Crippen molar-refractivity contribution in [2.75, 3.05) is 12.0 Å². The van der Waals surface area contributed by atoms with E-state index in [-0.39, 0.29) is 12.1 Å². The van der Waals surface area contributed by atoms with Crippen LogP contribution < -0.4 is 19.7 Å². The summed E-state index contributed by atoms with van der Waals surface area (Å²) in [5.41, 5.74) is 6.62. The molecular weight excluding hydrogens is 504 g/mol. The molecule has 2 atom stereocenters. The van der Waals surface area contributed by atoms with Gasteiger partial charge in [0.15, 0.2) is 5.11 Å². The third-order valence-corrected chi connectivity index (χ3v) is 8.25. The third-order valence-electron chi connectivity index (χ3n) is 7.94. The van der Waals surface area contributed by atoms with Crippen LogP contribution in [-0.2, 0) is 0 Å². The largest absolute Gasteiger partial charge is 0.497 e. The van der Waals surface area contributed by atoms with Gasteiger partial charge in [0.1, 0.15) is 11.5 Å². The maximum atomic E-state index is 6.24. The number of nitrogens with zero attached hydrogens (tertiary/aromatic N) is 3. The lowest BCUT2D eigenvalue weighted by Crippen LogP contribution is -2.29. The van der Waals surface area contributed by atoms with Crippen LogP contribution in [0, 0.1) is 13.8 Å². The summed E-state index contributed by atoms with van der Waals surface area (Å²) in [6.07, 6.45) is 6.95. The highest BCUT2D eigenvalue weighted by Gasteiger charge is 2.42. The van der Waals surface area contributed by atoms with Crippen LogP contribution in [0.15, 0.2) is 79.0 Å². The molecule has 1 N–H and O–H groups in total. The van der Waals surface area contributed by atoms with Crippen molar-refractivity contribution in [2.24, 2.45) is 0 Å². The third kappa shape index (κ3) is 4.87. The molecule has 1 saturated heterocycles. The number of methoxy groups -OCH3 is 1. The van der Waals surface area contributed by atoms with Crippen molar-refractivity contribution >= 4 is 23.0 Å². The molecule has 2 aromatic carbocycles. The fourth-order valence-electron chi connectivity index (χ4n) is 6.05. The molecule has 200 valence electrons. The van der Waals surface area contributed by atoms with Gasteiger partial charge in [-0.05, 0) is 124 Å². The molecule has 7 heteroatoms. The zero-order valence-corrected chi connectivity index (χ0v) is 23.4. The van der Waals surface area contributed by atoms with Crippen molar-refractivity contribution in [1.82, 2.24) is 14.9 Å². The molecule has 0 radical (unpaired) electrons. The van der Waals surface area contributed by atoms with Crippen molar-refractivity contribution in [3.05, 3.63) is 102 Å². The first kappa shape index (κ1) is 25.4. The standard InChI is InChI=1S/C32H34N4O2S/c1-21-20-28(22(2)35(21)23-11-15-25(37-3)16-12-23)31-30(29-10-6-7-19-33-29)34-32(39)36(31)24-13-17-27(18-14-24)38-26-8-4-5-9-26/h6-7,10-20,26,30-31H,4-5,8-9H2,1-3H3,(H,34,39). The van der Waals surface area contributed by atoms with E-state index in [1.165, 1.54) is 24.1 Å². The minimum atomic E-state index is -0.0991. The Balaban J connectivity index is 1.40. The van der Waals surface area contributed by atoms with E-state index in [2.05, 4.69) is 77.2 Å². The monoisotopic (exact) mass is 538 g/mol. The zero-order chi connectivity index (χ0) is 26.9. The van der Waals surface area contributed by atoms with Gasteiger partial charge in [0.25, 0.3) is 0 Å². The van der Waals surface area contributed by atoms with Crippen LogP contribution in [0.25, 0.3) is 5.69 Å². The molecular formula is C32H34N4O2S. The van der Waals surface area contributed by atoms with E-state index in [1.807, 2.05) is 30.5 Å². The van der Waals surface area contributed by atoms with Gasteiger partial charge in [-0.1, -0.05) is 6.07 Å². The molecule has 2 aromatic heterocycles. The fraction of sp³-hybridized carbons (Fsp3) is 0.312. The van der Waals surface area contributed by atoms with Crippen molar-refractivity contribution < 1.29 is 9.47 Å². The lowest BCUT2D eigenvalue weighted by Gasteiger charge is -2.28. The molecule has 2 fully saturated rings. The van der Waals surface area contributed by atoms with Crippen molar-refractivity contribution in [3.8, 4) is 17.2 Å². The van der Waals surface area contributed by atoms with Crippen LogP contribution in [-0.4, -0.2) is 27.9 Å². The quantitative estimate of drug-likeness (QED) is 0.256. The van der Waals surface area contributed by atoms with Gasteiger partial charge >= 0.3 is 0 Å². The van der Waals surface area contributed by atoms with E-state index in [0.717, 1.165) is 47.1 Å². The number of aryl methyl sites for hydroxylation is 1. The van der Waals surface area contributed by atoms with Crippen LogP contribution >= 0.6 is 12.2 Å². The molecule has 0 amide bonds. The maximum absolute atomic E-state index is 6.24. The van der Waals surface area contributed by atoms with Gasteiger partial charge in [-0.2, -0.15) is 0 Å². The number of anilines is 1. The molecule has 6 rings (SSSR count). The summed E-state index contributed by atoms with van der Waals surface area (Å²) >= 11 is 5.96. The van der Waals surface area contributed by atoms with Crippen molar-refractivity contribution in [2.45, 2.75) is 57.7 Å². The normalized spacial score (nSPS) is 19.4. The summed E-state index contributed by atoms with van der Waals surface area (Å²) in [4.78, 5) is 6.95. The molecule has 6 nitrogen and oxygen atoms in total.